The lowest BCUT2D eigenvalue weighted by Gasteiger charge is -2.26. The average Bonchev–Trinajstić information content (AvgIpc) is 2.37. The molecule has 2 N–H and O–H groups in total. The fourth-order valence-electron chi connectivity index (χ4n) is 1.74. The Morgan fingerprint density at radius 3 is 2.63 bits per heavy atom. The minimum Gasteiger partial charge on any atom is -0.399 e. The fourth-order valence-corrected chi connectivity index (χ4v) is 4.62. The lowest BCUT2D eigenvalue weighted by molar-refractivity contribution is 0.385. The van der Waals surface area contributed by atoms with Crippen LogP contribution >= 0.6 is 23.4 Å². The Bertz CT molecular complexity index is 535. The van der Waals surface area contributed by atoms with Crippen LogP contribution in [0.4, 0.5) is 5.69 Å². The molecule has 0 saturated heterocycles. The second kappa shape index (κ2) is 6.83. The molecule has 0 aliphatic rings. The van der Waals surface area contributed by atoms with Crippen molar-refractivity contribution >= 4 is 39.1 Å². The SMILES string of the molecule is CCC(CSC)N(C)S(=O)(=O)c1cc(N)ccc1Cl. The van der Waals surface area contributed by atoms with Crippen LogP contribution in [-0.4, -0.2) is 37.8 Å². The number of hydrogen-bond acceptors (Lipinski definition) is 4. The summed E-state index contributed by atoms with van der Waals surface area (Å²) in [7, 11) is -2.04. The third-order valence-electron chi connectivity index (χ3n) is 2.96. The Balaban J connectivity index is 3.19. The molecule has 1 rings (SSSR count). The van der Waals surface area contributed by atoms with Crippen molar-refractivity contribution < 1.29 is 8.42 Å². The van der Waals surface area contributed by atoms with Crippen molar-refractivity contribution in [3.63, 3.8) is 0 Å². The van der Waals surface area contributed by atoms with Crippen LogP contribution in [0.15, 0.2) is 23.1 Å². The van der Waals surface area contributed by atoms with Crippen molar-refractivity contribution in [1.29, 1.82) is 0 Å². The molecule has 0 aliphatic heterocycles. The molecule has 0 bridgehead atoms. The smallest absolute Gasteiger partial charge is 0.244 e. The normalized spacial score (nSPS) is 13.7. The molecule has 1 aromatic rings. The van der Waals surface area contributed by atoms with Gasteiger partial charge in [-0.25, -0.2) is 8.42 Å². The number of thioether (sulfide) groups is 1. The molecule has 0 aliphatic carbocycles. The molecule has 0 saturated carbocycles. The molecule has 0 spiro atoms. The number of halogens is 1. The van der Waals surface area contributed by atoms with Gasteiger partial charge in [0.1, 0.15) is 4.90 Å². The number of nitrogens with two attached hydrogens (primary N) is 1. The maximum absolute atomic E-state index is 12.6. The van der Waals surface area contributed by atoms with E-state index in [0.29, 0.717) is 5.69 Å². The molecule has 1 aromatic carbocycles. The van der Waals surface area contributed by atoms with Crippen LogP contribution in [0.3, 0.4) is 0 Å². The first-order chi connectivity index (χ1) is 8.84. The summed E-state index contributed by atoms with van der Waals surface area (Å²) < 4.78 is 26.5. The van der Waals surface area contributed by atoms with E-state index in [-0.39, 0.29) is 16.0 Å². The maximum atomic E-state index is 12.6. The molecule has 0 radical (unpaired) electrons. The van der Waals surface area contributed by atoms with Gasteiger partial charge in [-0.05, 0) is 30.9 Å². The Morgan fingerprint density at radius 1 is 1.47 bits per heavy atom. The van der Waals surface area contributed by atoms with E-state index in [1.54, 1.807) is 24.9 Å². The van der Waals surface area contributed by atoms with Gasteiger partial charge in [0, 0.05) is 24.5 Å². The van der Waals surface area contributed by atoms with Gasteiger partial charge in [-0.1, -0.05) is 18.5 Å². The first-order valence-electron chi connectivity index (χ1n) is 5.86. The van der Waals surface area contributed by atoms with Gasteiger partial charge in [0.2, 0.25) is 10.0 Å². The third kappa shape index (κ3) is 3.78. The summed E-state index contributed by atoms with van der Waals surface area (Å²) in [6, 6.07) is 4.44. The molecular weight excluding hydrogens is 304 g/mol. The van der Waals surface area contributed by atoms with Gasteiger partial charge in [-0.3, -0.25) is 0 Å². The molecule has 19 heavy (non-hydrogen) atoms. The van der Waals surface area contributed by atoms with Crippen LogP contribution in [0.1, 0.15) is 13.3 Å². The minimum absolute atomic E-state index is 0.0579. The van der Waals surface area contributed by atoms with Crippen molar-refractivity contribution in [3.05, 3.63) is 23.2 Å². The highest BCUT2D eigenvalue weighted by molar-refractivity contribution is 7.98. The van der Waals surface area contributed by atoms with Gasteiger partial charge in [-0.2, -0.15) is 16.1 Å². The van der Waals surface area contributed by atoms with Crippen molar-refractivity contribution in [2.24, 2.45) is 0 Å². The van der Waals surface area contributed by atoms with E-state index in [1.165, 1.54) is 16.4 Å². The van der Waals surface area contributed by atoms with E-state index in [4.69, 9.17) is 17.3 Å². The zero-order chi connectivity index (χ0) is 14.6. The maximum Gasteiger partial charge on any atom is 0.244 e. The lowest BCUT2D eigenvalue weighted by Crippen LogP contribution is -2.38. The molecule has 0 amide bonds. The quantitative estimate of drug-likeness (QED) is 0.818. The number of nitrogen functional groups attached to an aromatic ring is 1. The summed E-state index contributed by atoms with van der Waals surface area (Å²) in [5.41, 5.74) is 6.03. The molecule has 0 fully saturated rings. The van der Waals surface area contributed by atoms with E-state index in [1.807, 2.05) is 13.2 Å². The Hall–Kier alpha value is -0.430. The Kier molecular flexibility index (Phi) is 5.98. The van der Waals surface area contributed by atoms with Crippen molar-refractivity contribution in [3.8, 4) is 0 Å². The minimum atomic E-state index is -3.62. The second-order valence-corrected chi connectivity index (χ2v) is 7.51. The zero-order valence-electron chi connectivity index (χ0n) is 11.3. The Morgan fingerprint density at radius 2 is 2.11 bits per heavy atom. The number of hydrogen-bond donors (Lipinski definition) is 1. The summed E-state index contributed by atoms with van der Waals surface area (Å²) in [6.07, 6.45) is 2.70. The molecule has 0 aromatic heterocycles. The van der Waals surface area contributed by atoms with Gasteiger partial charge in [-0.15, -0.1) is 0 Å². The van der Waals surface area contributed by atoms with Gasteiger partial charge in [0.15, 0.2) is 0 Å². The first-order valence-corrected chi connectivity index (χ1v) is 9.07. The van der Waals surface area contributed by atoms with E-state index in [2.05, 4.69) is 0 Å². The second-order valence-electron chi connectivity index (χ2n) is 4.23. The molecule has 1 atom stereocenters. The van der Waals surface area contributed by atoms with Gasteiger partial charge >= 0.3 is 0 Å². The third-order valence-corrected chi connectivity index (χ3v) is 6.07. The van der Waals surface area contributed by atoms with E-state index in [9.17, 15) is 8.42 Å². The Labute approximate surface area is 124 Å². The highest BCUT2D eigenvalue weighted by Crippen LogP contribution is 2.28. The van der Waals surface area contributed by atoms with E-state index in [0.717, 1.165) is 12.2 Å². The average molecular weight is 323 g/mol. The van der Waals surface area contributed by atoms with Crippen molar-refractivity contribution in [2.75, 3.05) is 24.8 Å². The van der Waals surface area contributed by atoms with Crippen LogP contribution in [-0.2, 0) is 10.0 Å². The number of benzene rings is 1. The van der Waals surface area contributed by atoms with E-state index >= 15 is 0 Å². The summed E-state index contributed by atoms with van der Waals surface area (Å²) in [6.45, 7) is 1.97. The van der Waals surface area contributed by atoms with E-state index < -0.39 is 10.0 Å². The van der Waals surface area contributed by atoms with Crippen molar-refractivity contribution in [2.45, 2.75) is 24.3 Å². The zero-order valence-corrected chi connectivity index (χ0v) is 13.6. The predicted octanol–water partition coefficient (Wildman–Crippen LogP) is 2.68. The fraction of sp³-hybridized carbons (Fsp3) is 0.500. The summed E-state index contributed by atoms with van der Waals surface area (Å²) >= 11 is 7.60. The molecule has 108 valence electrons. The number of nitrogens with zero attached hydrogens (tertiary/aromatic N) is 1. The highest BCUT2D eigenvalue weighted by atomic mass is 35.5. The summed E-state index contributed by atoms with van der Waals surface area (Å²) in [5.74, 6) is 0.742. The summed E-state index contributed by atoms with van der Waals surface area (Å²) in [5, 5.41) is 0.194. The first kappa shape index (κ1) is 16.6. The highest BCUT2D eigenvalue weighted by Gasteiger charge is 2.28. The molecule has 0 heterocycles. The lowest BCUT2D eigenvalue weighted by atomic mass is 10.3. The predicted molar refractivity (Wildman–Crippen MR) is 83.3 cm³/mol. The molecule has 1 unspecified atom stereocenters. The van der Waals surface area contributed by atoms with Crippen LogP contribution in [0, 0.1) is 0 Å². The number of anilines is 1. The monoisotopic (exact) mass is 322 g/mol. The van der Waals surface area contributed by atoms with Crippen LogP contribution in [0.5, 0.6) is 0 Å². The van der Waals surface area contributed by atoms with Crippen LogP contribution < -0.4 is 5.73 Å². The number of rotatable bonds is 6. The largest absolute Gasteiger partial charge is 0.399 e. The van der Waals surface area contributed by atoms with Crippen LogP contribution in [0.25, 0.3) is 0 Å². The molecule has 7 heteroatoms. The van der Waals surface area contributed by atoms with Crippen molar-refractivity contribution in [1.82, 2.24) is 4.31 Å². The number of sulfonamides is 1. The van der Waals surface area contributed by atoms with Crippen LogP contribution in [0.2, 0.25) is 5.02 Å². The molecular formula is C12H19ClN2O2S2. The van der Waals surface area contributed by atoms with Gasteiger partial charge < -0.3 is 5.73 Å². The molecule has 4 nitrogen and oxygen atoms in total. The van der Waals surface area contributed by atoms with Gasteiger partial charge in [0.05, 0.1) is 5.02 Å². The summed E-state index contributed by atoms with van der Waals surface area (Å²) in [4.78, 5) is 0.0659. The standard InChI is InChI=1S/C12H19ClN2O2S2/c1-4-10(8-18-3)15(2)19(16,17)12-7-9(14)5-6-11(12)13/h5-7,10H,4,8,14H2,1-3H3. The van der Waals surface area contributed by atoms with Gasteiger partial charge in [0.25, 0.3) is 0 Å². The topological polar surface area (TPSA) is 63.4 Å².